The highest BCUT2D eigenvalue weighted by Gasteiger charge is 2.06. The molecule has 25 heavy (non-hydrogen) atoms. The van der Waals surface area contributed by atoms with Crippen molar-refractivity contribution in [2.45, 2.75) is 6.42 Å². The lowest BCUT2D eigenvalue weighted by molar-refractivity contribution is -0.115. The third-order valence-corrected chi connectivity index (χ3v) is 3.98. The second-order valence-corrected chi connectivity index (χ2v) is 5.78. The van der Waals surface area contributed by atoms with Crippen LogP contribution in [0.5, 0.6) is 0 Å². The van der Waals surface area contributed by atoms with Gasteiger partial charge in [0.15, 0.2) is 0 Å². The van der Waals surface area contributed by atoms with Crippen LogP contribution in [0.25, 0.3) is 16.6 Å². The molecular formula is C20H16N4O. The fraction of sp³-hybridized carbons (Fsp3) is 0.0500. The van der Waals surface area contributed by atoms with Gasteiger partial charge in [0.2, 0.25) is 5.91 Å². The number of pyridine rings is 1. The molecule has 0 aliphatic rings. The van der Waals surface area contributed by atoms with E-state index in [0.29, 0.717) is 12.1 Å². The van der Waals surface area contributed by atoms with E-state index in [-0.39, 0.29) is 5.91 Å². The molecule has 5 heteroatoms. The molecule has 5 nitrogen and oxygen atoms in total. The van der Waals surface area contributed by atoms with Crippen molar-refractivity contribution in [3.05, 3.63) is 85.1 Å². The highest BCUT2D eigenvalue weighted by molar-refractivity contribution is 5.93. The molecule has 1 N–H and O–H groups in total. The summed E-state index contributed by atoms with van der Waals surface area (Å²) in [6.45, 7) is 0. The SMILES string of the molecule is O=C(Cc1ccc2ccccc2c1)Nc1ccc(-n2ccnc2)nc1. The number of aromatic nitrogens is 3. The Morgan fingerprint density at radius 1 is 1.04 bits per heavy atom. The number of carbonyl (C=O) groups excluding carboxylic acids is 1. The van der Waals surface area contributed by atoms with E-state index in [4.69, 9.17) is 0 Å². The topological polar surface area (TPSA) is 59.8 Å². The summed E-state index contributed by atoms with van der Waals surface area (Å²) < 4.78 is 1.81. The van der Waals surface area contributed by atoms with Crippen molar-refractivity contribution in [3.63, 3.8) is 0 Å². The average Bonchev–Trinajstić information content (AvgIpc) is 3.17. The maximum absolute atomic E-state index is 12.3. The third kappa shape index (κ3) is 3.40. The van der Waals surface area contributed by atoms with Crippen LogP contribution in [-0.2, 0) is 11.2 Å². The molecule has 2 heterocycles. The van der Waals surface area contributed by atoms with Crippen LogP contribution in [0.2, 0.25) is 0 Å². The van der Waals surface area contributed by atoms with Gasteiger partial charge >= 0.3 is 0 Å². The molecule has 0 unspecified atom stereocenters. The summed E-state index contributed by atoms with van der Waals surface area (Å²) in [5.41, 5.74) is 1.66. The van der Waals surface area contributed by atoms with Crippen LogP contribution in [-0.4, -0.2) is 20.4 Å². The Hall–Kier alpha value is -3.47. The quantitative estimate of drug-likeness (QED) is 0.622. The zero-order valence-electron chi connectivity index (χ0n) is 13.5. The molecule has 0 atom stereocenters. The maximum Gasteiger partial charge on any atom is 0.228 e. The number of hydrogen-bond donors (Lipinski definition) is 1. The van der Waals surface area contributed by atoms with Crippen molar-refractivity contribution >= 4 is 22.4 Å². The van der Waals surface area contributed by atoms with Gasteiger partial charge in [-0.15, -0.1) is 0 Å². The molecule has 2 aromatic heterocycles. The van der Waals surface area contributed by atoms with Crippen LogP contribution in [0.4, 0.5) is 5.69 Å². The molecule has 0 radical (unpaired) electrons. The van der Waals surface area contributed by atoms with Crippen molar-refractivity contribution in [3.8, 4) is 5.82 Å². The van der Waals surface area contributed by atoms with Crippen LogP contribution >= 0.6 is 0 Å². The number of carbonyl (C=O) groups is 1. The largest absolute Gasteiger partial charge is 0.324 e. The first kappa shape index (κ1) is 15.1. The molecule has 0 spiro atoms. The van der Waals surface area contributed by atoms with Crippen LogP contribution in [0.3, 0.4) is 0 Å². The summed E-state index contributed by atoms with van der Waals surface area (Å²) in [4.78, 5) is 20.6. The first-order valence-corrected chi connectivity index (χ1v) is 8.00. The minimum atomic E-state index is -0.0625. The van der Waals surface area contributed by atoms with Crippen molar-refractivity contribution in [2.75, 3.05) is 5.32 Å². The Labute approximate surface area is 145 Å². The van der Waals surface area contributed by atoms with Gasteiger partial charge in [0.05, 0.1) is 18.3 Å². The van der Waals surface area contributed by atoms with E-state index in [1.54, 1.807) is 23.3 Å². The minimum absolute atomic E-state index is 0.0625. The lowest BCUT2D eigenvalue weighted by Gasteiger charge is -2.07. The fourth-order valence-electron chi connectivity index (χ4n) is 2.75. The van der Waals surface area contributed by atoms with E-state index in [0.717, 1.165) is 16.8 Å². The normalized spacial score (nSPS) is 10.7. The Morgan fingerprint density at radius 3 is 2.68 bits per heavy atom. The van der Waals surface area contributed by atoms with Gasteiger partial charge in [-0.2, -0.15) is 0 Å². The van der Waals surface area contributed by atoms with Gasteiger partial charge in [0.1, 0.15) is 12.1 Å². The summed E-state index contributed by atoms with van der Waals surface area (Å²) in [7, 11) is 0. The second-order valence-electron chi connectivity index (χ2n) is 5.78. The highest BCUT2D eigenvalue weighted by Crippen LogP contribution is 2.16. The summed E-state index contributed by atoms with van der Waals surface area (Å²) in [6, 6.07) is 17.9. The van der Waals surface area contributed by atoms with E-state index < -0.39 is 0 Å². The molecule has 0 aliphatic heterocycles. The van der Waals surface area contributed by atoms with E-state index in [2.05, 4.69) is 33.5 Å². The van der Waals surface area contributed by atoms with Crippen molar-refractivity contribution < 1.29 is 4.79 Å². The second kappa shape index (κ2) is 6.57. The Bertz CT molecular complexity index is 1010. The monoisotopic (exact) mass is 328 g/mol. The number of nitrogens with zero attached hydrogens (tertiary/aromatic N) is 3. The van der Waals surface area contributed by atoms with E-state index in [1.807, 2.05) is 42.6 Å². The smallest absolute Gasteiger partial charge is 0.228 e. The van der Waals surface area contributed by atoms with E-state index >= 15 is 0 Å². The molecule has 1 amide bonds. The average molecular weight is 328 g/mol. The molecule has 122 valence electrons. The molecular weight excluding hydrogens is 312 g/mol. The van der Waals surface area contributed by atoms with Gasteiger partial charge in [0.25, 0.3) is 0 Å². The third-order valence-electron chi connectivity index (χ3n) is 3.98. The minimum Gasteiger partial charge on any atom is -0.324 e. The van der Waals surface area contributed by atoms with Crippen molar-refractivity contribution in [2.24, 2.45) is 0 Å². The number of rotatable bonds is 4. The zero-order chi connectivity index (χ0) is 17.1. The first-order chi connectivity index (χ1) is 12.3. The van der Waals surface area contributed by atoms with Crippen LogP contribution < -0.4 is 5.32 Å². The molecule has 4 rings (SSSR count). The van der Waals surface area contributed by atoms with Gasteiger partial charge in [-0.05, 0) is 28.5 Å². The highest BCUT2D eigenvalue weighted by atomic mass is 16.1. The summed E-state index contributed by atoms with van der Waals surface area (Å²) in [5, 5.41) is 5.19. The Morgan fingerprint density at radius 2 is 1.92 bits per heavy atom. The number of hydrogen-bond acceptors (Lipinski definition) is 3. The number of anilines is 1. The van der Waals surface area contributed by atoms with Crippen LogP contribution in [0.15, 0.2) is 79.5 Å². The number of nitrogens with one attached hydrogen (secondary N) is 1. The van der Waals surface area contributed by atoms with Gasteiger partial charge in [0, 0.05) is 12.4 Å². The van der Waals surface area contributed by atoms with Crippen molar-refractivity contribution in [1.29, 1.82) is 0 Å². The number of amides is 1. The molecule has 0 bridgehead atoms. The number of fused-ring (bicyclic) bond motifs is 1. The van der Waals surface area contributed by atoms with Gasteiger partial charge in [-0.3, -0.25) is 9.36 Å². The summed E-state index contributed by atoms with van der Waals surface area (Å²) >= 11 is 0. The summed E-state index contributed by atoms with van der Waals surface area (Å²) in [5.74, 6) is 0.692. The zero-order valence-corrected chi connectivity index (χ0v) is 13.5. The number of imidazole rings is 1. The lowest BCUT2D eigenvalue weighted by atomic mass is 10.0. The van der Waals surface area contributed by atoms with Gasteiger partial charge in [-0.1, -0.05) is 42.5 Å². The molecule has 0 saturated carbocycles. The van der Waals surface area contributed by atoms with E-state index in [9.17, 15) is 4.79 Å². The van der Waals surface area contributed by atoms with Gasteiger partial charge < -0.3 is 5.32 Å². The van der Waals surface area contributed by atoms with Crippen molar-refractivity contribution in [1.82, 2.24) is 14.5 Å². The predicted octanol–water partition coefficient (Wildman–Crippen LogP) is 3.60. The Balaban J connectivity index is 1.44. The Kier molecular flexibility index (Phi) is 3.96. The number of benzene rings is 2. The van der Waals surface area contributed by atoms with Gasteiger partial charge in [-0.25, -0.2) is 9.97 Å². The molecule has 4 aromatic rings. The molecule has 0 saturated heterocycles. The summed E-state index contributed by atoms with van der Waals surface area (Å²) in [6.07, 6.45) is 7.17. The first-order valence-electron chi connectivity index (χ1n) is 8.00. The maximum atomic E-state index is 12.3. The van der Waals surface area contributed by atoms with Crippen LogP contribution in [0.1, 0.15) is 5.56 Å². The molecule has 0 aliphatic carbocycles. The lowest BCUT2D eigenvalue weighted by Crippen LogP contribution is -2.14. The molecule has 0 fully saturated rings. The fourth-order valence-corrected chi connectivity index (χ4v) is 2.75. The predicted molar refractivity (Wildman–Crippen MR) is 97.6 cm³/mol. The van der Waals surface area contributed by atoms with E-state index in [1.165, 1.54) is 5.39 Å². The van der Waals surface area contributed by atoms with Crippen LogP contribution in [0, 0.1) is 0 Å². The molecule has 2 aromatic carbocycles. The standard InChI is InChI=1S/C20H16N4O/c25-20(12-15-5-6-16-3-1-2-4-17(16)11-15)23-18-7-8-19(22-13-18)24-10-9-21-14-24/h1-11,13-14H,12H2,(H,23,25).